The lowest BCUT2D eigenvalue weighted by atomic mass is 9.99. The van der Waals surface area contributed by atoms with Crippen molar-refractivity contribution >= 4 is 11.6 Å². The molecule has 2 heterocycles. The first kappa shape index (κ1) is 22.4. The van der Waals surface area contributed by atoms with Gasteiger partial charge in [-0.15, -0.1) is 0 Å². The molecule has 1 amide bonds. The molecular formula is C28H29FN2O3. The quantitative estimate of drug-likeness (QED) is 0.524. The molecule has 0 saturated carbocycles. The highest BCUT2D eigenvalue weighted by Crippen LogP contribution is 2.32. The van der Waals surface area contributed by atoms with Crippen LogP contribution >= 0.6 is 0 Å². The average Bonchev–Trinajstić information content (AvgIpc) is 2.86. The molecule has 6 heteroatoms. The molecule has 1 fully saturated rings. The lowest BCUT2D eigenvalue weighted by Gasteiger charge is -2.39. The van der Waals surface area contributed by atoms with Crippen LogP contribution in [0.1, 0.15) is 34.3 Å². The topological polar surface area (TPSA) is 42.0 Å². The largest absolute Gasteiger partial charge is 0.486 e. The van der Waals surface area contributed by atoms with E-state index in [-0.39, 0.29) is 17.5 Å². The van der Waals surface area contributed by atoms with E-state index in [2.05, 4.69) is 17.0 Å². The Morgan fingerprint density at radius 1 is 0.971 bits per heavy atom. The van der Waals surface area contributed by atoms with Crippen LogP contribution in [0.25, 0.3) is 0 Å². The number of carbonyl (C=O) groups excluding carboxylic acids is 1. The van der Waals surface area contributed by atoms with Crippen molar-refractivity contribution in [2.45, 2.75) is 32.4 Å². The standard InChI is InChI=1S/C28H29FN2O3/c1-20-6-9-22(10-7-20)31(28(32)24-4-2-3-5-25(24)29)23-12-14-30(15-13-23)19-21-8-11-26-27(18-21)34-17-16-33-26/h2-11,18,23H,12-17,19H2,1H3. The molecule has 1 saturated heterocycles. The fraction of sp³-hybridized carbons (Fsp3) is 0.321. The highest BCUT2D eigenvalue weighted by molar-refractivity contribution is 6.06. The number of carbonyl (C=O) groups is 1. The van der Waals surface area contributed by atoms with E-state index in [1.165, 1.54) is 11.6 Å². The Morgan fingerprint density at radius 3 is 2.41 bits per heavy atom. The van der Waals surface area contributed by atoms with E-state index in [1.54, 1.807) is 23.1 Å². The molecule has 0 atom stereocenters. The number of aryl methyl sites for hydroxylation is 1. The number of fused-ring (bicyclic) bond motifs is 1. The van der Waals surface area contributed by atoms with Crippen molar-refractivity contribution in [1.82, 2.24) is 4.90 Å². The second-order valence-corrected chi connectivity index (χ2v) is 8.98. The zero-order valence-corrected chi connectivity index (χ0v) is 19.4. The van der Waals surface area contributed by atoms with Crippen molar-refractivity contribution in [1.29, 1.82) is 0 Å². The van der Waals surface area contributed by atoms with Crippen molar-refractivity contribution in [2.24, 2.45) is 0 Å². The molecular weight excluding hydrogens is 431 g/mol. The normalized spacial score (nSPS) is 16.3. The Balaban J connectivity index is 1.31. The Hall–Kier alpha value is -3.38. The maximum Gasteiger partial charge on any atom is 0.261 e. The van der Waals surface area contributed by atoms with Gasteiger partial charge in [-0.05, 0) is 61.7 Å². The second-order valence-electron chi connectivity index (χ2n) is 8.98. The van der Waals surface area contributed by atoms with Crippen LogP contribution in [0.2, 0.25) is 0 Å². The van der Waals surface area contributed by atoms with Gasteiger partial charge >= 0.3 is 0 Å². The van der Waals surface area contributed by atoms with E-state index >= 15 is 0 Å². The van der Waals surface area contributed by atoms with E-state index < -0.39 is 5.82 Å². The molecule has 2 aliphatic rings. The summed E-state index contributed by atoms with van der Waals surface area (Å²) < 4.78 is 25.8. The van der Waals surface area contributed by atoms with Crippen LogP contribution < -0.4 is 14.4 Å². The Morgan fingerprint density at radius 2 is 1.68 bits per heavy atom. The van der Waals surface area contributed by atoms with Crippen molar-refractivity contribution in [2.75, 3.05) is 31.2 Å². The molecule has 0 bridgehead atoms. The third-order valence-electron chi connectivity index (χ3n) is 6.57. The van der Waals surface area contributed by atoms with Crippen molar-refractivity contribution in [3.05, 3.63) is 89.2 Å². The van der Waals surface area contributed by atoms with Gasteiger partial charge in [-0.1, -0.05) is 35.9 Å². The number of benzene rings is 3. The van der Waals surface area contributed by atoms with Crippen molar-refractivity contribution in [3.8, 4) is 11.5 Å². The molecule has 0 N–H and O–H groups in total. The number of rotatable bonds is 5. The van der Waals surface area contributed by atoms with Crippen LogP contribution in [0.3, 0.4) is 0 Å². The fourth-order valence-electron chi connectivity index (χ4n) is 4.74. The van der Waals surface area contributed by atoms with Gasteiger partial charge in [-0.3, -0.25) is 9.69 Å². The lowest BCUT2D eigenvalue weighted by molar-refractivity contribution is 0.0954. The van der Waals surface area contributed by atoms with Gasteiger partial charge in [-0.25, -0.2) is 4.39 Å². The van der Waals surface area contributed by atoms with Crippen molar-refractivity contribution in [3.63, 3.8) is 0 Å². The first-order valence-corrected chi connectivity index (χ1v) is 11.8. The first-order valence-electron chi connectivity index (χ1n) is 11.8. The molecule has 0 spiro atoms. The maximum absolute atomic E-state index is 14.5. The highest BCUT2D eigenvalue weighted by atomic mass is 19.1. The molecule has 0 aromatic heterocycles. The van der Waals surface area contributed by atoms with Gasteiger partial charge in [0, 0.05) is 31.4 Å². The van der Waals surface area contributed by atoms with Crippen LogP contribution in [-0.4, -0.2) is 43.2 Å². The number of piperidine rings is 1. The van der Waals surface area contributed by atoms with Crippen LogP contribution in [0, 0.1) is 12.7 Å². The molecule has 0 aliphatic carbocycles. The zero-order valence-electron chi connectivity index (χ0n) is 19.4. The zero-order chi connectivity index (χ0) is 23.5. The van der Waals surface area contributed by atoms with Crippen LogP contribution in [0.15, 0.2) is 66.7 Å². The third-order valence-corrected chi connectivity index (χ3v) is 6.57. The Labute approximate surface area is 199 Å². The summed E-state index contributed by atoms with van der Waals surface area (Å²) >= 11 is 0. The average molecular weight is 461 g/mol. The summed E-state index contributed by atoms with van der Waals surface area (Å²) in [5.74, 6) is 0.835. The number of amides is 1. The number of anilines is 1. The van der Waals surface area contributed by atoms with Gasteiger partial charge in [0.1, 0.15) is 19.0 Å². The minimum atomic E-state index is -0.486. The number of nitrogens with zero attached hydrogens (tertiary/aromatic N) is 2. The molecule has 34 heavy (non-hydrogen) atoms. The molecule has 0 unspecified atom stereocenters. The summed E-state index contributed by atoms with van der Waals surface area (Å²) in [5.41, 5.74) is 3.22. The Kier molecular flexibility index (Phi) is 6.50. The van der Waals surface area contributed by atoms with Crippen molar-refractivity contribution < 1.29 is 18.7 Å². The molecule has 3 aromatic rings. The predicted molar refractivity (Wildman–Crippen MR) is 130 cm³/mol. The molecule has 5 rings (SSSR count). The summed E-state index contributed by atoms with van der Waals surface area (Å²) in [4.78, 5) is 17.7. The molecule has 5 nitrogen and oxygen atoms in total. The summed E-state index contributed by atoms with van der Waals surface area (Å²) in [6.45, 7) is 5.70. The molecule has 3 aromatic carbocycles. The van der Waals surface area contributed by atoms with Gasteiger partial charge in [0.15, 0.2) is 11.5 Å². The van der Waals surface area contributed by atoms with Crippen LogP contribution in [-0.2, 0) is 6.54 Å². The molecule has 2 aliphatic heterocycles. The molecule has 176 valence electrons. The van der Waals surface area contributed by atoms with Gasteiger partial charge in [0.2, 0.25) is 0 Å². The maximum atomic E-state index is 14.5. The second kappa shape index (κ2) is 9.85. The molecule has 0 radical (unpaired) electrons. The van der Waals surface area contributed by atoms with Gasteiger partial charge in [-0.2, -0.15) is 0 Å². The van der Waals surface area contributed by atoms with E-state index in [9.17, 15) is 9.18 Å². The van der Waals surface area contributed by atoms with Crippen LogP contribution in [0.5, 0.6) is 11.5 Å². The number of likely N-dealkylation sites (tertiary alicyclic amines) is 1. The van der Waals surface area contributed by atoms with Gasteiger partial charge in [0.25, 0.3) is 5.91 Å². The SMILES string of the molecule is Cc1ccc(N(C(=O)c2ccccc2F)C2CCN(Cc3ccc4c(c3)OCCO4)CC2)cc1. The van der Waals surface area contributed by atoms with Gasteiger partial charge < -0.3 is 14.4 Å². The number of ether oxygens (including phenoxy) is 2. The predicted octanol–water partition coefficient (Wildman–Crippen LogP) is 5.22. The van der Waals surface area contributed by atoms with E-state index in [1.807, 2.05) is 37.3 Å². The minimum Gasteiger partial charge on any atom is -0.486 e. The summed E-state index contributed by atoms with van der Waals surface area (Å²) in [6, 6.07) is 20.2. The number of hydrogen-bond acceptors (Lipinski definition) is 4. The summed E-state index contributed by atoms with van der Waals surface area (Å²) in [5, 5.41) is 0. The van der Waals surface area contributed by atoms with E-state index in [4.69, 9.17) is 9.47 Å². The smallest absolute Gasteiger partial charge is 0.261 e. The summed E-state index contributed by atoms with van der Waals surface area (Å²) in [7, 11) is 0. The van der Waals surface area contributed by atoms with E-state index in [0.29, 0.717) is 13.2 Å². The van der Waals surface area contributed by atoms with Gasteiger partial charge in [0.05, 0.1) is 5.56 Å². The fourth-order valence-corrected chi connectivity index (χ4v) is 4.74. The number of hydrogen-bond donors (Lipinski definition) is 0. The highest BCUT2D eigenvalue weighted by Gasteiger charge is 2.31. The van der Waals surface area contributed by atoms with E-state index in [0.717, 1.165) is 55.2 Å². The minimum absolute atomic E-state index is 0.00586. The Bertz CT molecular complexity index is 1160. The lowest BCUT2D eigenvalue weighted by Crippen LogP contribution is -2.47. The van der Waals surface area contributed by atoms with Crippen LogP contribution in [0.4, 0.5) is 10.1 Å². The first-order chi connectivity index (χ1) is 16.6. The number of halogens is 1. The summed E-state index contributed by atoms with van der Waals surface area (Å²) in [6.07, 6.45) is 1.64. The monoisotopic (exact) mass is 460 g/mol. The third kappa shape index (κ3) is 4.77.